The van der Waals surface area contributed by atoms with Crippen LogP contribution in [0.2, 0.25) is 0 Å². The monoisotopic (exact) mass is 1200 g/mol. The second-order valence-electron chi connectivity index (χ2n) is 23.9. The number of aliphatic hydroxyl groups is 8. The molecule has 12 unspecified atom stereocenters. The van der Waals surface area contributed by atoms with E-state index in [-0.39, 0.29) is 18.9 Å². The van der Waals surface area contributed by atoms with Crippen LogP contribution in [0.15, 0.2) is 85.1 Å². The molecule has 12 atom stereocenters. The Morgan fingerprint density at radius 1 is 0.435 bits per heavy atom. The van der Waals surface area contributed by atoms with Crippen molar-refractivity contribution in [2.75, 3.05) is 19.8 Å². The van der Waals surface area contributed by atoms with E-state index in [1.54, 1.807) is 6.08 Å². The third-order valence-corrected chi connectivity index (χ3v) is 16.3. The quantitative estimate of drug-likeness (QED) is 0.0204. The first-order valence-corrected chi connectivity index (χ1v) is 34.3. The van der Waals surface area contributed by atoms with Gasteiger partial charge < -0.3 is 65.1 Å². The van der Waals surface area contributed by atoms with Crippen LogP contribution in [0, 0.1) is 0 Å². The number of hydrogen-bond acceptors (Lipinski definition) is 13. The molecule has 9 N–H and O–H groups in total. The van der Waals surface area contributed by atoms with Crippen LogP contribution >= 0.6 is 0 Å². The topological polar surface area (TPSA) is 228 Å². The molecule has 0 spiro atoms. The minimum absolute atomic E-state index is 0.239. The maximum atomic E-state index is 13.3. The molecule has 14 nitrogen and oxygen atoms in total. The summed E-state index contributed by atoms with van der Waals surface area (Å²) in [5, 5.41) is 87.1. The molecule has 0 aromatic carbocycles. The predicted octanol–water partition coefficient (Wildman–Crippen LogP) is 13.6. The lowest BCUT2D eigenvalue weighted by Crippen LogP contribution is -2.65. The van der Waals surface area contributed by atoms with Gasteiger partial charge >= 0.3 is 0 Å². The van der Waals surface area contributed by atoms with Crippen molar-refractivity contribution < 1.29 is 64.6 Å². The summed E-state index contributed by atoms with van der Waals surface area (Å²) in [4.78, 5) is 13.3. The molecule has 492 valence electrons. The molecule has 14 heteroatoms. The van der Waals surface area contributed by atoms with Crippen LogP contribution in [0.4, 0.5) is 0 Å². The number of carbonyl (C=O) groups excluding carboxylic acids is 1. The lowest BCUT2D eigenvalue weighted by Gasteiger charge is -2.46. The first kappa shape index (κ1) is 78.3. The highest BCUT2D eigenvalue weighted by Crippen LogP contribution is 2.30. The standard InChI is InChI=1S/C71H125NO13/c1-3-5-7-9-11-13-15-17-18-19-20-21-22-23-24-25-26-27-28-29-30-31-32-33-34-35-36-37-38-39-40-41-42-43-45-47-49-51-53-55-63(76)72-59(60(75)54-52-50-48-46-44-16-14-12-10-8-6-4-2)58-82-70-68(81)66(79)69(62(57-74)84-70)85-71-67(80)65(78)64(77)61(56-73)83-71/h5,7,11,13,17-18,20-21,23-24,26-27,52,54,59-62,64-71,73-75,77-81H,3-4,6,8-10,12,14-16,19,22,25,28-51,53,55-58H2,1-2H3,(H,72,76)/b7-5-,13-11-,18-17-,21-20-,24-23-,27-26-,54-52+. The maximum absolute atomic E-state index is 13.3. The van der Waals surface area contributed by atoms with E-state index in [0.717, 1.165) is 77.0 Å². The van der Waals surface area contributed by atoms with Crippen molar-refractivity contribution in [1.82, 2.24) is 5.32 Å². The van der Waals surface area contributed by atoms with Crippen LogP contribution in [0.1, 0.15) is 264 Å². The zero-order valence-electron chi connectivity index (χ0n) is 53.3. The molecule has 0 aromatic heterocycles. The Morgan fingerprint density at radius 2 is 0.812 bits per heavy atom. The van der Waals surface area contributed by atoms with Crippen LogP contribution in [0.25, 0.3) is 0 Å². The third kappa shape index (κ3) is 39.7. The molecule has 0 aliphatic carbocycles. The highest BCUT2D eigenvalue weighted by molar-refractivity contribution is 5.76. The molecule has 2 fully saturated rings. The van der Waals surface area contributed by atoms with Crippen LogP contribution in [0.5, 0.6) is 0 Å². The Labute approximate surface area is 516 Å². The maximum Gasteiger partial charge on any atom is 0.220 e. The van der Waals surface area contributed by atoms with Crippen molar-refractivity contribution in [2.24, 2.45) is 0 Å². The molecule has 2 rings (SSSR count). The first-order valence-electron chi connectivity index (χ1n) is 34.3. The zero-order valence-corrected chi connectivity index (χ0v) is 53.3. The van der Waals surface area contributed by atoms with E-state index in [2.05, 4.69) is 92.1 Å². The SMILES string of the molecule is CC/C=C\C/C=C\C/C=C\C/C=C\C/C=C\C/C=C\CCCCCCCCCCCCCCCCCCCCCCC(=O)NC(COC1OC(CO)C(OC2OC(CO)C(O)C(O)C2O)C(O)C1O)C(O)/C=C/CCCCCCCCCCCC. The van der Waals surface area contributed by atoms with Crippen molar-refractivity contribution in [1.29, 1.82) is 0 Å². The summed E-state index contributed by atoms with van der Waals surface area (Å²) in [7, 11) is 0. The number of rotatable bonds is 55. The van der Waals surface area contributed by atoms with Gasteiger partial charge in [0.15, 0.2) is 12.6 Å². The van der Waals surface area contributed by atoms with Gasteiger partial charge in [0.1, 0.15) is 48.8 Å². The lowest BCUT2D eigenvalue weighted by atomic mass is 9.97. The summed E-state index contributed by atoms with van der Waals surface area (Å²) in [6.07, 6.45) is 59.5. The van der Waals surface area contributed by atoms with Crippen LogP contribution in [-0.4, -0.2) is 140 Å². The normalized spacial score (nSPS) is 24.1. The fourth-order valence-electron chi connectivity index (χ4n) is 10.9. The second kappa shape index (κ2) is 55.3. The molecular formula is C71H125NO13. The van der Waals surface area contributed by atoms with Gasteiger partial charge in [0.2, 0.25) is 5.91 Å². The van der Waals surface area contributed by atoms with E-state index in [0.29, 0.717) is 6.42 Å². The summed E-state index contributed by atoms with van der Waals surface area (Å²) >= 11 is 0. The lowest BCUT2D eigenvalue weighted by molar-refractivity contribution is -0.359. The molecule has 1 amide bonds. The molecule has 0 aromatic rings. The number of hydrogen-bond donors (Lipinski definition) is 9. The average Bonchev–Trinajstić information content (AvgIpc) is 3.60. The van der Waals surface area contributed by atoms with Gasteiger partial charge in [-0.15, -0.1) is 0 Å². The number of aliphatic hydroxyl groups excluding tert-OH is 8. The van der Waals surface area contributed by atoms with Crippen molar-refractivity contribution in [3.63, 3.8) is 0 Å². The minimum Gasteiger partial charge on any atom is -0.394 e. The fraction of sp³-hybridized carbons (Fsp3) is 0.789. The van der Waals surface area contributed by atoms with Crippen molar-refractivity contribution in [2.45, 2.75) is 338 Å². The summed E-state index contributed by atoms with van der Waals surface area (Å²) < 4.78 is 22.8. The number of carbonyl (C=O) groups is 1. The van der Waals surface area contributed by atoms with Crippen molar-refractivity contribution in [3.05, 3.63) is 85.1 Å². The molecular weight excluding hydrogens is 1070 g/mol. The Bertz CT molecular complexity index is 1750. The van der Waals surface area contributed by atoms with Gasteiger partial charge in [-0.2, -0.15) is 0 Å². The molecule has 0 radical (unpaired) electrons. The summed E-state index contributed by atoms with van der Waals surface area (Å²) in [5.41, 5.74) is 0. The third-order valence-electron chi connectivity index (χ3n) is 16.3. The van der Waals surface area contributed by atoms with Crippen molar-refractivity contribution >= 4 is 5.91 Å². The van der Waals surface area contributed by atoms with Crippen LogP contribution < -0.4 is 5.32 Å². The summed E-state index contributed by atoms with van der Waals surface area (Å²) in [5.74, 6) is -0.239. The van der Waals surface area contributed by atoms with E-state index in [9.17, 15) is 45.6 Å². The fourth-order valence-corrected chi connectivity index (χ4v) is 10.9. The molecule has 2 saturated heterocycles. The number of unbranched alkanes of at least 4 members (excludes halogenated alkanes) is 30. The van der Waals surface area contributed by atoms with Gasteiger partial charge in [-0.05, 0) is 70.6 Å². The predicted molar refractivity (Wildman–Crippen MR) is 346 cm³/mol. The van der Waals surface area contributed by atoms with Gasteiger partial charge in [-0.1, -0.05) is 272 Å². The Morgan fingerprint density at radius 3 is 1.25 bits per heavy atom. The number of amides is 1. The molecule has 0 saturated carbocycles. The largest absolute Gasteiger partial charge is 0.394 e. The van der Waals surface area contributed by atoms with Gasteiger partial charge in [-0.25, -0.2) is 0 Å². The Kier molecular flexibility index (Phi) is 50.9. The molecule has 85 heavy (non-hydrogen) atoms. The molecule has 2 aliphatic rings. The minimum atomic E-state index is -1.79. The van der Waals surface area contributed by atoms with Gasteiger partial charge in [0.25, 0.3) is 0 Å². The van der Waals surface area contributed by atoms with Gasteiger partial charge in [0, 0.05) is 6.42 Å². The molecule has 2 aliphatic heterocycles. The van der Waals surface area contributed by atoms with E-state index < -0.39 is 86.8 Å². The van der Waals surface area contributed by atoms with Gasteiger partial charge in [-0.3, -0.25) is 4.79 Å². The van der Waals surface area contributed by atoms with E-state index >= 15 is 0 Å². The van der Waals surface area contributed by atoms with E-state index in [4.69, 9.17) is 18.9 Å². The highest BCUT2D eigenvalue weighted by Gasteiger charge is 2.51. The Hall–Kier alpha value is -2.83. The molecule has 2 heterocycles. The smallest absolute Gasteiger partial charge is 0.220 e. The highest BCUT2D eigenvalue weighted by atomic mass is 16.7. The summed E-state index contributed by atoms with van der Waals surface area (Å²) in [6, 6.07) is -0.915. The van der Waals surface area contributed by atoms with E-state index in [1.807, 2.05) is 6.08 Å². The summed E-state index contributed by atoms with van der Waals surface area (Å²) in [6.45, 7) is 2.68. The average molecular weight is 1200 g/mol. The first-order chi connectivity index (χ1) is 41.6. The van der Waals surface area contributed by atoms with E-state index in [1.165, 1.54) is 161 Å². The second-order valence-corrected chi connectivity index (χ2v) is 23.9. The zero-order chi connectivity index (χ0) is 61.6. The van der Waals surface area contributed by atoms with Crippen LogP contribution in [0.3, 0.4) is 0 Å². The van der Waals surface area contributed by atoms with Crippen LogP contribution in [-0.2, 0) is 23.7 Å². The van der Waals surface area contributed by atoms with Crippen molar-refractivity contribution in [3.8, 4) is 0 Å². The van der Waals surface area contributed by atoms with Gasteiger partial charge in [0.05, 0.1) is 32.0 Å². The number of ether oxygens (including phenoxy) is 4. The Balaban J connectivity index is 1.56. The number of nitrogens with one attached hydrogen (secondary N) is 1. The molecule has 0 bridgehead atoms. The number of allylic oxidation sites excluding steroid dienone is 13.